The van der Waals surface area contributed by atoms with Gasteiger partial charge in [-0.1, -0.05) is 23.8 Å². The van der Waals surface area contributed by atoms with Crippen molar-refractivity contribution in [2.24, 2.45) is 0 Å². The number of benzene rings is 2. The molecule has 0 atom stereocenters. The molecule has 28 heavy (non-hydrogen) atoms. The van der Waals surface area contributed by atoms with Crippen LogP contribution in [0.2, 0.25) is 0 Å². The van der Waals surface area contributed by atoms with Crippen LogP contribution in [0.1, 0.15) is 17.5 Å². The van der Waals surface area contributed by atoms with Gasteiger partial charge in [0, 0.05) is 18.0 Å². The molecule has 0 unspecified atom stereocenters. The number of aryl methyl sites for hydroxylation is 2. The van der Waals surface area contributed by atoms with Crippen LogP contribution >= 0.6 is 0 Å². The van der Waals surface area contributed by atoms with E-state index in [2.05, 4.69) is 21.6 Å². The maximum absolute atomic E-state index is 13.3. The van der Waals surface area contributed by atoms with Crippen LogP contribution in [0.5, 0.6) is 0 Å². The van der Waals surface area contributed by atoms with Crippen LogP contribution in [-0.4, -0.2) is 25.5 Å². The minimum Gasteiger partial charge on any atom is -0.323 e. The summed E-state index contributed by atoms with van der Waals surface area (Å²) in [5.41, 5.74) is 3.62. The predicted molar refractivity (Wildman–Crippen MR) is 105 cm³/mol. The zero-order valence-corrected chi connectivity index (χ0v) is 15.5. The Morgan fingerprint density at radius 1 is 1.14 bits per heavy atom. The van der Waals surface area contributed by atoms with Crippen LogP contribution in [0.4, 0.5) is 10.1 Å². The molecule has 0 saturated carbocycles. The largest absolute Gasteiger partial charge is 0.323 e. The molecular weight excluding hydrogens is 357 g/mol. The van der Waals surface area contributed by atoms with E-state index >= 15 is 0 Å². The van der Waals surface area contributed by atoms with Gasteiger partial charge < -0.3 is 5.32 Å². The molecule has 0 spiro atoms. The zero-order chi connectivity index (χ0) is 19.5. The molecule has 0 bridgehead atoms. The molecule has 4 aromatic rings. The molecule has 2 aromatic heterocycles. The Morgan fingerprint density at radius 3 is 2.89 bits per heavy atom. The van der Waals surface area contributed by atoms with E-state index in [9.17, 15) is 9.18 Å². The molecule has 2 aromatic carbocycles. The van der Waals surface area contributed by atoms with E-state index in [-0.39, 0.29) is 11.7 Å². The lowest BCUT2D eigenvalue weighted by atomic mass is 10.2. The van der Waals surface area contributed by atoms with Crippen LogP contribution in [0, 0.1) is 12.7 Å². The lowest BCUT2D eigenvalue weighted by Crippen LogP contribution is -2.14. The number of fused-ring (bicyclic) bond motifs is 1. The smallest absolute Gasteiger partial charge is 0.226 e. The maximum atomic E-state index is 13.3. The van der Waals surface area contributed by atoms with Gasteiger partial charge >= 0.3 is 0 Å². The molecule has 1 N–H and O–H groups in total. The van der Waals surface area contributed by atoms with Gasteiger partial charge in [0.25, 0.3) is 0 Å². The molecule has 0 aliphatic carbocycles. The van der Waals surface area contributed by atoms with Crippen LogP contribution in [0.25, 0.3) is 10.9 Å². The molecule has 7 heteroatoms. The average Bonchev–Trinajstić information content (AvgIpc) is 3.26. The summed E-state index contributed by atoms with van der Waals surface area (Å²) >= 11 is 0. The summed E-state index contributed by atoms with van der Waals surface area (Å²) in [6.07, 6.45) is 5.44. The number of carbonyl (C=O) groups is 1. The lowest BCUT2D eigenvalue weighted by Gasteiger charge is -2.05. The van der Waals surface area contributed by atoms with Crippen molar-refractivity contribution in [3.05, 3.63) is 78.0 Å². The summed E-state index contributed by atoms with van der Waals surface area (Å²) in [5.74, 6) is -0.388. The first-order valence-electron chi connectivity index (χ1n) is 9.06. The first-order valence-corrected chi connectivity index (χ1v) is 9.06. The minimum absolute atomic E-state index is 0.110. The Balaban J connectivity index is 1.34. The first-order chi connectivity index (χ1) is 13.6. The SMILES string of the molecule is Cc1ccc2c(cnn2CCC(=O)Nc2cnn(Cc3cccc(F)c3)c2)c1. The topological polar surface area (TPSA) is 64.7 Å². The van der Waals surface area contributed by atoms with Gasteiger partial charge in [-0.2, -0.15) is 10.2 Å². The third-order valence-corrected chi connectivity index (χ3v) is 4.50. The van der Waals surface area contributed by atoms with Gasteiger partial charge in [0.1, 0.15) is 5.82 Å². The van der Waals surface area contributed by atoms with Crippen LogP contribution in [0.15, 0.2) is 61.1 Å². The summed E-state index contributed by atoms with van der Waals surface area (Å²) < 4.78 is 16.8. The molecular formula is C21H20FN5O. The Morgan fingerprint density at radius 2 is 2.04 bits per heavy atom. The number of nitrogens with zero attached hydrogens (tertiary/aromatic N) is 4. The second-order valence-electron chi connectivity index (χ2n) is 6.78. The van der Waals surface area contributed by atoms with Crippen LogP contribution in [-0.2, 0) is 17.9 Å². The molecule has 0 fully saturated rings. The van der Waals surface area contributed by atoms with Gasteiger partial charge in [0.15, 0.2) is 0 Å². The van der Waals surface area contributed by atoms with Gasteiger partial charge in [0.05, 0.1) is 36.7 Å². The van der Waals surface area contributed by atoms with Gasteiger partial charge in [-0.05, 0) is 36.8 Å². The van der Waals surface area contributed by atoms with Gasteiger partial charge in [0.2, 0.25) is 5.91 Å². The second kappa shape index (κ2) is 7.64. The number of hydrogen-bond acceptors (Lipinski definition) is 3. The van der Waals surface area contributed by atoms with Crippen molar-refractivity contribution in [2.75, 3.05) is 5.32 Å². The average molecular weight is 377 g/mol. The third-order valence-electron chi connectivity index (χ3n) is 4.50. The summed E-state index contributed by atoms with van der Waals surface area (Å²) in [5, 5.41) is 12.5. The van der Waals surface area contributed by atoms with Crippen molar-refractivity contribution < 1.29 is 9.18 Å². The van der Waals surface area contributed by atoms with Crippen molar-refractivity contribution in [1.29, 1.82) is 0 Å². The van der Waals surface area contributed by atoms with Crippen molar-refractivity contribution in [3.63, 3.8) is 0 Å². The summed E-state index contributed by atoms with van der Waals surface area (Å²) in [6.45, 7) is 2.97. The summed E-state index contributed by atoms with van der Waals surface area (Å²) in [6, 6.07) is 12.5. The highest BCUT2D eigenvalue weighted by Gasteiger charge is 2.08. The Kier molecular flexibility index (Phi) is 4.89. The van der Waals surface area contributed by atoms with E-state index in [0.29, 0.717) is 25.2 Å². The second-order valence-corrected chi connectivity index (χ2v) is 6.78. The summed E-state index contributed by atoms with van der Waals surface area (Å²) in [7, 11) is 0. The number of anilines is 1. The van der Waals surface area contributed by atoms with Gasteiger partial charge in [-0.3, -0.25) is 14.2 Å². The highest BCUT2D eigenvalue weighted by molar-refractivity contribution is 5.90. The van der Waals surface area contributed by atoms with Crippen molar-refractivity contribution in [1.82, 2.24) is 19.6 Å². The molecule has 142 valence electrons. The van der Waals surface area contributed by atoms with E-state index in [4.69, 9.17) is 0 Å². The third kappa shape index (κ3) is 4.09. The van der Waals surface area contributed by atoms with E-state index in [1.54, 1.807) is 23.1 Å². The Bertz CT molecular complexity index is 1130. The molecule has 2 heterocycles. The Labute approximate surface area is 161 Å². The van der Waals surface area contributed by atoms with E-state index < -0.39 is 0 Å². The maximum Gasteiger partial charge on any atom is 0.226 e. The first kappa shape index (κ1) is 17.9. The molecule has 0 radical (unpaired) electrons. The molecule has 0 aliphatic rings. The number of rotatable bonds is 6. The van der Waals surface area contributed by atoms with Crippen LogP contribution in [0.3, 0.4) is 0 Å². The number of halogens is 1. The number of nitrogens with one attached hydrogen (secondary N) is 1. The molecule has 0 saturated heterocycles. The number of amides is 1. The molecule has 1 amide bonds. The number of carbonyl (C=O) groups excluding carboxylic acids is 1. The van der Waals surface area contributed by atoms with Crippen molar-refractivity contribution >= 4 is 22.5 Å². The van der Waals surface area contributed by atoms with Gasteiger partial charge in [-0.25, -0.2) is 4.39 Å². The van der Waals surface area contributed by atoms with Gasteiger partial charge in [-0.15, -0.1) is 0 Å². The lowest BCUT2D eigenvalue weighted by molar-refractivity contribution is -0.116. The fourth-order valence-corrected chi connectivity index (χ4v) is 3.15. The minimum atomic E-state index is -0.278. The van der Waals surface area contributed by atoms with Crippen molar-refractivity contribution in [2.45, 2.75) is 26.4 Å². The number of aromatic nitrogens is 4. The van der Waals surface area contributed by atoms with Crippen molar-refractivity contribution in [3.8, 4) is 0 Å². The predicted octanol–water partition coefficient (Wildman–Crippen LogP) is 3.76. The Hall–Kier alpha value is -3.48. The standard InChI is InChI=1S/C21H20FN5O/c1-15-5-6-20-17(9-15)11-24-27(20)8-7-21(28)25-19-12-23-26(14-19)13-16-3-2-4-18(22)10-16/h2-6,9-12,14H,7-8,13H2,1H3,(H,25,28). The fraction of sp³-hybridized carbons (Fsp3) is 0.190. The van der Waals surface area contributed by atoms with E-state index in [1.165, 1.54) is 17.7 Å². The quantitative estimate of drug-likeness (QED) is 0.556. The highest BCUT2D eigenvalue weighted by atomic mass is 19.1. The molecule has 6 nitrogen and oxygen atoms in total. The van der Waals surface area contributed by atoms with E-state index in [0.717, 1.165) is 16.5 Å². The van der Waals surface area contributed by atoms with E-state index in [1.807, 2.05) is 36.0 Å². The zero-order valence-electron chi connectivity index (χ0n) is 15.5. The van der Waals surface area contributed by atoms with Crippen LogP contribution < -0.4 is 5.32 Å². The fourth-order valence-electron chi connectivity index (χ4n) is 3.15. The highest BCUT2D eigenvalue weighted by Crippen LogP contribution is 2.16. The normalized spacial score (nSPS) is 11.1. The molecule has 0 aliphatic heterocycles. The molecule has 4 rings (SSSR count). The summed E-state index contributed by atoms with van der Waals surface area (Å²) in [4.78, 5) is 12.3. The monoisotopic (exact) mass is 377 g/mol. The number of hydrogen-bond donors (Lipinski definition) is 1.